The van der Waals surface area contributed by atoms with Crippen LogP contribution in [0.25, 0.3) is 0 Å². The van der Waals surface area contributed by atoms with Gasteiger partial charge in [-0.2, -0.15) is 0 Å². The van der Waals surface area contributed by atoms with Gasteiger partial charge in [0.1, 0.15) is 0 Å². The van der Waals surface area contributed by atoms with E-state index in [1.807, 2.05) is 24.3 Å². The average Bonchev–Trinajstić information content (AvgIpc) is 2.14. The van der Waals surface area contributed by atoms with Crippen LogP contribution in [0, 0.1) is 17.3 Å². The summed E-state index contributed by atoms with van der Waals surface area (Å²) in [6.45, 7) is 7.76. The molecule has 0 unspecified atom stereocenters. The predicted molar refractivity (Wildman–Crippen MR) is 62.8 cm³/mol. The second-order valence-electron chi connectivity index (χ2n) is 4.64. The molecule has 0 atom stereocenters. The molecule has 0 aromatic heterocycles. The molecule has 1 aromatic rings. The van der Waals surface area contributed by atoms with Gasteiger partial charge < -0.3 is 0 Å². The highest BCUT2D eigenvalue weighted by Crippen LogP contribution is 2.11. The van der Waals surface area contributed by atoms with E-state index in [1.165, 1.54) is 0 Å². The van der Waals surface area contributed by atoms with E-state index in [0.717, 1.165) is 11.1 Å². The fourth-order valence-electron chi connectivity index (χ4n) is 1.08. The molecule has 0 amide bonds. The van der Waals surface area contributed by atoms with Gasteiger partial charge in [-0.25, -0.2) is 0 Å². The standard InChI is InChI=1S/C14H16O/c1-11(15)13-7-5-6-12(10-13)8-9-14(2,3)4/h5-7,10H,1-4H3. The van der Waals surface area contributed by atoms with E-state index in [1.54, 1.807) is 6.92 Å². The van der Waals surface area contributed by atoms with Gasteiger partial charge in [-0.3, -0.25) is 4.79 Å². The number of carbonyl (C=O) groups excluding carboxylic acids is 1. The van der Waals surface area contributed by atoms with Crippen molar-refractivity contribution in [3.63, 3.8) is 0 Å². The largest absolute Gasteiger partial charge is 0.295 e. The van der Waals surface area contributed by atoms with Crippen molar-refractivity contribution < 1.29 is 4.79 Å². The number of Topliss-reactive ketones (excluding diaryl/α,β-unsaturated/α-hetero) is 1. The molecule has 1 heteroatoms. The molecular weight excluding hydrogens is 184 g/mol. The second-order valence-corrected chi connectivity index (χ2v) is 4.64. The van der Waals surface area contributed by atoms with E-state index in [-0.39, 0.29) is 11.2 Å². The van der Waals surface area contributed by atoms with E-state index in [0.29, 0.717) is 0 Å². The zero-order chi connectivity index (χ0) is 11.5. The zero-order valence-corrected chi connectivity index (χ0v) is 9.72. The van der Waals surface area contributed by atoms with E-state index >= 15 is 0 Å². The Morgan fingerprint density at radius 3 is 2.47 bits per heavy atom. The van der Waals surface area contributed by atoms with Crippen molar-refractivity contribution in [2.45, 2.75) is 27.7 Å². The molecule has 1 nitrogen and oxygen atoms in total. The third-order valence-electron chi connectivity index (χ3n) is 1.85. The number of rotatable bonds is 1. The van der Waals surface area contributed by atoms with Gasteiger partial charge in [-0.05, 0) is 39.8 Å². The highest BCUT2D eigenvalue weighted by molar-refractivity contribution is 5.94. The van der Waals surface area contributed by atoms with E-state index in [9.17, 15) is 4.79 Å². The molecule has 0 radical (unpaired) electrons. The molecule has 0 heterocycles. The van der Waals surface area contributed by atoms with Crippen molar-refractivity contribution >= 4 is 5.78 Å². The first kappa shape index (κ1) is 11.5. The third kappa shape index (κ3) is 3.99. The molecule has 1 aromatic carbocycles. The summed E-state index contributed by atoms with van der Waals surface area (Å²) >= 11 is 0. The molecule has 0 bridgehead atoms. The zero-order valence-electron chi connectivity index (χ0n) is 9.72. The third-order valence-corrected chi connectivity index (χ3v) is 1.85. The molecule has 0 saturated carbocycles. The van der Waals surface area contributed by atoms with Crippen LogP contribution in [-0.2, 0) is 0 Å². The SMILES string of the molecule is CC(=O)c1cccc(C#CC(C)(C)C)c1. The fraction of sp³-hybridized carbons (Fsp3) is 0.357. The van der Waals surface area contributed by atoms with Gasteiger partial charge in [0.15, 0.2) is 5.78 Å². The Kier molecular flexibility index (Phi) is 3.31. The molecule has 0 spiro atoms. The molecule has 0 saturated heterocycles. The van der Waals surface area contributed by atoms with E-state index in [4.69, 9.17) is 0 Å². The Bertz CT molecular complexity index is 425. The van der Waals surface area contributed by atoms with Crippen molar-refractivity contribution in [3.05, 3.63) is 35.4 Å². The first-order valence-corrected chi connectivity index (χ1v) is 5.03. The van der Waals surface area contributed by atoms with Gasteiger partial charge in [0.25, 0.3) is 0 Å². The topological polar surface area (TPSA) is 17.1 Å². The lowest BCUT2D eigenvalue weighted by Crippen LogP contribution is -1.99. The summed E-state index contributed by atoms with van der Waals surface area (Å²) in [5.41, 5.74) is 1.61. The molecule has 0 aliphatic carbocycles. The van der Waals surface area contributed by atoms with Crippen LogP contribution in [-0.4, -0.2) is 5.78 Å². The Balaban J connectivity index is 3.00. The van der Waals surface area contributed by atoms with E-state index in [2.05, 4.69) is 32.6 Å². The minimum absolute atomic E-state index is 0.00771. The minimum atomic E-state index is -0.00771. The van der Waals surface area contributed by atoms with Crippen molar-refractivity contribution in [2.24, 2.45) is 5.41 Å². The summed E-state index contributed by atoms with van der Waals surface area (Å²) in [6.07, 6.45) is 0. The van der Waals surface area contributed by atoms with Crippen LogP contribution in [0.5, 0.6) is 0 Å². The minimum Gasteiger partial charge on any atom is -0.295 e. The quantitative estimate of drug-likeness (QED) is 0.502. The van der Waals surface area contributed by atoms with Gasteiger partial charge >= 0.3 is 0 Å². The number of ketones is 1. The Labute approximate surface area is 91.5 Å². The highest BCUT2D eigenvalue weighted by Gasteiger charge is 2.03. The smallest absolute Gasteiger partial charge is 0.159 e. The summed E-state index contributed by atoms with van der Waals surface area (Å²) in [5, 5.41) is 0. The molecule has 0 fully saturated rings. The maximum absolute atomic E-state index is 11.2. The number of hydrogen-bond donors (Lipinski definition) is 0. The van der Waals surface area contributed by atoms with Crippen LogP contribution in [0.4, 0.5) is 0 Å². The first-order chi connectivity index (χ1) is 6.88. The number of carbonyl (C=O) groups is 1. The van der Waals surface area contributed by atoms with Crippen LogP contribution < -0.4 is 0 Å². The maximum Gasteiger partial charge on any atom is 0.159 e. The van der Waals surface area contributed by atoms with Gasteiger partial charge in [0.2, 0.25) is 0 Å². The molecule has 0 N–H and O–H groups in total. The monoisotopic (exact) mass is 200 g/mol. The summed E-state index contributed by atoms with van der Waals surface area (Å²) in [7, 11) is 0. The van der Waals surface area contributed by atoms with Gasteiger partial charge in [-0.15, -0.1) is 0 Å². The summed E-state index contributed by atoms with van der Waals surface area (Å²) in [4.78, 5) is 11.2. The Morgan fingerprint density at radius 2 is 1.93 bits per heavy atom. The van der Waals surface area contributed by atoms with Crippen LogP contribution in [0.1, 0.15) is 43.6 Å². The van der Waals surface area contributed by atoms with Crippen molar-refractivity contribution in [1.82, 2.24) is 0 Å². The van der Waals surface area contributed by atoms with Gasteiger partial charge in [0.05, 0.1) is 0 Å². The van der Waals surface area contributed by atoms with Gasteiger partial charge in [-0.1, -0.05) is 24.0 Å². The summed E-state index contributed by atoms with van der Waals surface area (Å²) in [5.74, 6) is 6.30. The number of hydrogen-bond acceptors (Lipinski definition) is 1. The fourth-order valence-corrected chi connectivity index (χ4v) is 1.08. The lowest BCUT2D eigenvalue weighted by Gasteiger charge is -2.06. The molecule has 0 aliphatic rings. The molecule has 1 rings (SSSR count). The van der Waals surface area contributed by atoms with Crippen LogP contribution in [0.2, 0.25) is 0 Å². The van der Waals surface area contributed by atoms with Crippen LogP contribution in [0.3, 0.4) is 0 Å². The summed E-state index contributed by atoms with van der Waals surface area (Å²) in [6, 6.07) is 7.43. The van der Waals surface area contributed by atoms with E-state index < -0.39 is 0 Å². The second kappa shape index (κ2) is 4.31. The Hall–Kier alpha value is -1.55. The first-order valence-electron chi connectivity index (χ1n) is 5.03. The highest BCUT2D eigenvalue weighted by atomic mass is 16.1. The average molecular weight is 200 g/mol. The molecule has 0 aliphatic heterocycles. The van der Waals surface area contributed by atoms with Crippen LogP contribution in [0.15, 0.2) is 24.3 Å². The lowest BCUT2D eigenvalue weighted by atomic mass is 9.97. The molecule has 15 heavy (non-hydrogen) atoms. The maximum atomic E-state index is 11.2. The van der Waals surface area contributed by atoms with Crippen molar-refractivity contribution in [2.75, 3.05) is 0 Å². The van der Waals surface area contributed by atoms with Crippen LogP contribution >= 0.6 is 0 Å². The number of benzene rings is 1. The normalized spacial score (nSPS) is 10.4. The molecule has 78 valence electrons. The van der Waals surface area contributed by atoms with Gasteiger partial charge in [0, 0.05) is 16.5 Å². The summed E-state index contributed by atoms with van der Waals surface area (Å²) < 4.78 is 0. The molecular formula is C14H16O. The Morgan fingerprint density at radius 1 is 1.27 bits per heavy atom. The van der Waals surface area contributed by atoms with Crippen molar-refractivity contribution in [1.29, 1.82) is 0 Å². The van der Waals surface area contributed by atoms with Crippen molar-refractivity contribution in [3.8, 4) is 11.8 Å². The lowest BCUT2D eigenvalue weighted by molar-refractivity contribution is 0.101. The predicted octanol–water partition coefficient (Wildman–Crippen LogP) is 3.29.